The summed E-state index contributed by atoms with van der Waals surface area (Å²) >= 11 is 0. The van der Waals surface area contributed by atoms with Gasteiger partial charge in [0.05, 0.1) is 10.6 Å². The van der Waals surface area contributed by atoms with Crippen LogP contribution in [0.4, 0.5) is 5.69 Å². The molecule has 0 aromatic heterocycles. The fraction of sp³-hybridized carbons (Fsp3) is 0.125. The van der Waals surface area contributed by atoms with Crippen molar-refractivity contribution in [2.75, 3.05) is 5.32 Å². The third-order valence-electron chi connectivity index (χ3n) is 3.01. The van der Waals surface area contributed by atoms with E-state index in [-0.39, 0.29) is 10.8 Å². The molecule has 0 fully saturated rings. The lowest BCUT2D eigenvalue weighted by molar-refractivity contribution is -0.114. The molecule has 0 aliphatic rings. The van der Waals surface area contributed by atoms with Crippen LogP contribution in [0.3, 0.4) is 0 Å². The van der Waals surface area contributed by atoms with Crippen molar-refractivity contribution in [3.05, 3.63) is 60.2 Å². The van der Waals surface area contributed by atoms with Crippen LogP contribution in [0.2, 0.25) is 0 Å². The van der Waals surface area contributed by atoms with Crippen molar-refractivity contribution >= 4 is 27.3 Å². The summed E-state index contributed by atoms with van der Waals surface area (Å²) in [5, 5.41) is 6.50. The molecule has 0 bridgehead atoms. The summed E-state index contributed by atoms with van der Waals surface area (Å²) in [4.78, 5) is 13.2. The lowest BCUT2D eigenvalue weighted by atomic mass is 10.1. The Labute approximate surface area is 135 Å². The molecule has 0 aliphatic carbocycles. The summed E-state index contributed by atoms with van der Waals surface area (Å²) in [5.41, 5.74) is 1.92. The van der Waals surface area contributed by atoms with Crippen LogP contribution in [0.1, 0.15) is 19.4 Å². The van der Waals surface area contributed by atoms with Crippen LogP contribution in [0, 0.1) is 0 Å². The zero-order valence-electron chi connectivity index (χ0n) is 12.8. The van der Waals surface area contributed by atoms with Crippen LogP contribution in [0.25, 0.3) is 0 Å². The van der Waals surface area contributed by atoms with E-state index in [2.05, 4.69) is 15.2 Å². The third kappa shape index (κ3) is 4.65. The predicted molar refractivity (Wildman–Crippen MR) is 89.7 cm³/mol. The van der Waals surface area contributed by atoms with Gasteiger partial charge < -0.3 is 5.32 Å². The molecule has 2 N–H and O–H groups in total. The maximum atomic E-state index is 12.2. The van der Waals surface area contributed by atoms with E-state index in [0.29, 0.717) is 11.4 Å². The van der Waals surface area contributed by atoms with Gasteiger partial charge in [0.2, 0.25) is 5.91 Å². The molecule has 7 heteroatoms. The van der Waals surface area contributed by atoms with Gasteiger partial charge in [-0.3, -0.25) is 4.79 Å². The molecule has 0 unspecified atom stereocenters. The highest BCUT2D eigenvalue weighted by Crippen LogP contribution is 2.14. The first-order valence-corrected chi connectivity index (χ1v) is 8.36. The maximum Gasteiger partial charge on any atom is 0.276 e. The highest BCUT2D eigenvalue weighted by atomic mass is 32.2. The summed E-state index contributed by atoms with van der Waals surface area (Å²) < 4.78 is 24.4. The Hall–Kier alpha value is -2.67. The zero-order valence-corrected chi connectivity index (χ0v) is 13.6. The molecule has 2 aromatic rings. The first kappa shape index (κ1) is 16.7. The Morgan fingerprint density at radius 3 is 2.13 bits per heavy atom. The molecule has 2 rings (SSSR count). The number of sulfonamides is 1. The van der Waals surface area contributed by atoms with Crippen molar-refractivity contribution in [2.24, 2.45) is 5.10 Å². The van der Waals surface area contributed by atoms with E-state index in [4.69, 9.17) is 0 Å². The van der Waals surface area contributed by atoms with Gasteiger partial charge in [0.1, 0.15) is 0 Å². The molecule has 1 amide bonds. The number of hydrogen-bond acceptors (Lipinski definition) is 4. The topological polar surface area (TPSA) is 87.6 Å². The van der Waals surface area contributed by atoms with Gasteiger partial charge in [-0.05, 0) is 36.8 Å². The second kappa shape index (κ2) is 7.06. The lowest BCUT2D eigenvalue weighted by Gasteiger charge is -2.07. The van der Waals surface area contributed by atoms with E-state index in [1.54, 1.807) is 6.92 Å². The Morgan fingerprint density at radius 2 is 1.57 bits per heavy atom. The second-order valence-corrected chi connectivity index (χ2v) is 6.52. The molecule has 23 heavy (non-hydrogen) atoms. The number of carbonyl (C=O) groups is 1. The molecule has 0 saturated heterocycles. The molecule has 6 nitrogen and oxygen atoms in total. The molecular formula is C16H17N3O3S. The molecule has 0 radical (unpaired) electrons. The van der Waals surface area contributed by atoms with Crippen LogP contribution < -0.4 is 10.1 Å². The van der Waals surface area contributed by atoms with Crippen LogP contribution in [0.5, 0.6) is 0 Å². The highest BCUT2D eigenvalue weighted by molar-refractivity contribution is 7.89. The number of benzene rings is 2. The first-order chi connectivity index (χ1) is 10.9. The number of carbonyl (C=O) groups excluding carboxylic acids is 1. The van der Waals surface area contributed by atoms with Crippen molar-refractivity contribution in [3.8, 4) is 0 Å². The zero-order chi connectivity index (χ0) is 16.9. The van der Waals surface area contributed by atoms with Crippen LogP contribution in [-0.2, 0) is 14.8 Å². The predicted octanol–water partition coefficient (Wildman–Crippen LogP) is 2.35. The van der Waals surface area contributed by atoms with E-state index in [9.17, 15) is 13.2 Å². The fourth-order valence-electron chi connectivity index (χ4n) is 1.85. The number of anilines is 1. The fourth-order valence-corrected chi connectivity index (χ4v) is 2.70. The van der Waals surface area contributed by atoms with Gasteiger partial charge in [0.25, 0.3) is 10.0 Å². The minimum Gasteiger partial charge on any atom is -0.326 e. The number of amides is 1. The van der Waals surface area contributed by atoms with Crippen molar-refractivity contribution in [3.63, 3.8) is 0 Å². The minimum absolute atomic E-state index is 0.0659. The SMILES string of the molecule is CC(=O)Nc1ccc(S(=O)(=O)NN=C(C)c2ccccc2)cc1. The van der Waals surface area contributed by atoms with Crippen LogP contribution in [0.15, 0.2) is 64.6 Å². The van der Waals surface area contributed by atoms with Crippen molar-refractivity contribution in [1.29, 1.82) is 0 Å². The molecule has 0 saturated carbocycles. The monoisotopic (exact) mass is 331 g/mol. The molecule has 0 atom stereocenters. The van der Waals surface area contributed by atoms with E-state index < -0.39 is 10.0 Å². The van der Waals surface area contributed by atoms with Gasteiger partial charge in [0, 0.05) is 12.6 Å². The van der Waals surface area contributed by atoms with Crippen molar-refractivity contribution in [1.82, 2.24) is 4.83 Å². The normalized spacial score (nSPS) is 11.8. The number of hydrogen-bond donors (Lipinski definition) is 2. The van der Waals surface area contributed by atoms with Crippen LogP contribution in [-0.4, -0.2) is 20.0 Å². The van der Waals surface area contributed by atoms with Crippen LogP contribution >= 0.6 is 0 Å². The Kier molecular flexibility index (Phi) is 5.13. The molecular weight excluding hydrogens is 314 g/mol. The standard InChI is InChI=1S/C16H17N3O3S/c1-12(14-6-4-3-5-7-14)18-19-23(21,22)16-10-8-15(9-11-16)17-13(2)20/h3-11,19H,1-2H3,(H,17,20). The highest BCUT2D eigenvalue weighted by Gasteiger charge is 2.13. The van der Waals surface area contributed by atoms with Gasteiger partial charge >= 0.3 is 0 Å². The molecule has 0 heterocycles. The summed E-state index contributed by atoms with van der Waals surface area (Å²) in [6.07, 6.45) is 0. The van der Waals surface area contributed by atoms with Gasteiger partial charge in [-0.15, -0.1) is 0 Å². The Bertz CT molecular complexity index is 813. The lowest BCUT2D eigenvalue weighted by Crippen LogP contribution is -2.20. The minimum atomic E-state index is -3.76. The molecule has 0 spiro atoms. The number of nitrogens with one attached hydrogen (secondary N) is 2. The summed E-state index contributed by atoms with van der Waals surface area (Å²) in [5.74, 6) is -0.221. The van der Waals surface area contributed by atoms with E-state index >= 15 is 0 Å². The number of rotatable bonds is 5. The number of hydrazone groups is 1. The Morgan fingerprint density at radius 1 is 0.957 bits per heavy atom. The quantitative estimate of drug-likeness (QED) is 0.651. The largest absolute Gasteiger partial charge is 0.326 e. The van der Waals surface area contributed by atoms with Gasteiger partial charge in [-0.1, -0.05) is 30.3 Å². The second-order valence-electron chi connectivity index (χ2n) is 4.86. The summed E-state index contributed by atoms with van der Waals surface area (Å²) in [6.45, 7) is 3.10. The third-order valence-corrected chi connectivity index (χ3v) is 4.23. The van der Waals surface area contributed by atoms with E-state index in [1.165, 1.54) is 31.2 Å². The van der Waals surface area contributed by atoms with Crippen molar-refractivity contribution < 1.29 is 13.2 Å². The van der Waals surface area contributed by atoms with Gasteiger partial charge in [-0.2, -0.15) is 18.4 Å². The Balaban J connectivity index is 2.14. The van der Waals surface area contributed by atoms with Gasteiger partial charge in [-0.25, -0.2) is 0 Å². The molecule has 2 aromatic carbocycles. The molecule has 120 valence electrons. The average Bonchev–Trinajstić information content (AvgIpc) is 2.53. The molecule has 0 aliphatic heterocycles. The average molecular weight is 331 g/mol. The summed E-state index contributed by atoms with van der Waals surface area (Å²) in [7, 11) is -3.76. The van der Waals surface area contributed by atoms with E-state index in [0.717, 1.165) is 5.56 Å². The van der Waals surface area contributed by atoms with Crippen molar-refractivity contribution in [2.45, 2.75) is 18.7 Å². The van der Waals surface area contributed by atoms with Gasteiger partial charge in [0.15, 0.2) is 0 Å². The smallest absolute Gasteiger partial charge is 0.276 e. The maximum absolute atomic E-state index is 12.2. The number of nitrogens with zero attached hydrogens (tertiary/aromatic N) is 1. The summed E-state index contributed by atoms with van der Waals surface area (Å²) in [6, 6.07) is 15.1. The first-order valence-electron chi connectivity index (χ1n) is 6.87. The van der Waals surface area contributed by atoms with E-state index in [1.807, 2.05) is 30.3 Å².